The summed E-state index contributed by atoms with van der Waals surface area (Å²) in [4.78, 5) is 0. The molecule has 0 spiro atoms. The summed E-state index contributed by atoms with van der Waals surface area (Å²) in [5.41, 5.74) is 0. The molecule has 1 heteroatoms. The van der Waals surface area contributed by atoms with E-state index in [2.05, 4.69) is 17.8 Å². The molecule has 0 unspecified atom stereocenters. The van der Waals surface area contributed by atoms with Gasteiger partial charge in [0.1, 0.15) is 0 Å². The van der Waals surface area contributed by atoms with E-state index in [4.69, 9.17) is 6.42 Å². The Balaban J connectivity index is 2.74. The lowest BCUT2D eigenvalue weighted by molar-refractivity contribution is 0.765. The van der Waals surface area contributed by atoms with Crippen molar-refractivity contribution in [3.63, 3.8) is 0 Å². The van der Waals surface area contributed by atoms with Crippen LogP contribution in [0.4, 0.5) is 0 Å². The van der Waals surface area contributed by atoms with Gasteiger partial charge in [-0.2, -0.15) is 0 Å². The monoisotopic (exact) mass is 109 g/mol. The zero-order chi connectivity index (χ0) is 6.24. The van der Waals surface area contributed by atoms with Crippen molar-refractivity contribution in [1.82, 2.24) is 5.32 Å². The van der Waals surface area contributed by atoms with Crippen molar-refractivity contribution < 1.29 is 0 Å². The van der Waals surface area contributed by atoms with Crippen LogP contribution in [0.25, 0.3) is 0 Å². The second kappa shape index (κ2) is 6.26. The quantitative estimate of drug-likeness (QED) is 0.319. The van der Waals surface area contributed by atoms with E-state index >= 15 is 0 Å². The van der Waals surface area contributed by atoms with E-state index in [-0.39, 0.29) is 0 Å². The minimum absolute atomic E-state index is 0.799. The normalized spacial score (nSPS) is 7.88. The number of rotatable bonds is 4. The number of nitrogens with one attached hydrogen (secondary N) is 1. The summed E-state index contributed by atoms with van der Waals surface area (Å²) in [7, 11) is 0. The first-order chi connectivity index (χ1) is 3.91. The average Bonchev–Trinajstić information content (AvgIpc) is 1.81. The molecule has 0 rings (SSSR count). The molecule has 0 fully saturated rings. The third-order valence-corrected chi connectivity index (χ3v) is 0.735. The first-order valence-electron chi connectivity index (χ1n) is 2.67. The van der Waals surface area contributed by atoms with Crippen LogP contribution in [0, 0.1) is 12.3 Å². The summed E-state index contributed by atoms with van der Waals surface area (Å²) in [6.45, 7) is 5.28. The molecule has 8 heavy (non-hydrogen) atoms. The first kappa shape index (κ1) is 7.26. The van der Waals surface area contributed by atoms with Gasteiger partial charge in [-0.25, -0.2) is 0 Å². The molecule has 0 aromatic carbocycles. The highest BCUT2D eigenvalue weighted by atomic mass is 14.8. The molecule has 0 aliphatic rings. The highest BCUT2D eigenvalue weighted by Gasteiger charge is 1.76. The van der Waals surface area contributed by atoms with E-state index in [1.807, 2.05) is 6.08 Å². The Kier molecular flexibility index (Phi) is 5.68. The van der Waals surface area contributed by atoms with Crippen molar-refractivity contribution in [2.75, 3.05) is 13.1 Å². The molecule has 0 aromatic heterocycles. The van der Waals surface area contributed by atoms with Crippen molar-refractivity contribution in [2.45, 2.75) is 6.42 Å². The summed E-state index contributed by atoms with van der Waals surface area (Å²) >= 11 is 0. The molecule has 44 valence electrons. The number of terminal acetylenes is 1. The topological polar surface area (TPSA) is 12.0 Å². The van der Waals surface area contributed by atoms with E-state index in [0.29, 0.717) is 0 Å². The highest BCUT2D eigenvalue weighted by Crippen LogP contribution is 1.68. The fraction of sp³-hybridized carbons (Fsp3) is 0.429. The number of hydrogen-bond acceptors (Lipinski definition) is 1. The Hall–Kier alpha value is -0.740. The van der Waals surface area contributed by atoms with Gasteiger partial charge in [0, 0.05) is 19.5 Å². The Labute approximate surface area is 50.8 Å². The van der Waals surface area contributed by atoms with Crippen LogP contribution in [0.15, 0.2) is 12.7 Å². The molecule has 0 aliphatic heterocycles. The maximum atomic E-state index is 4.99. The van der Waals surface area contributed by atoms with Gasteiger partial charge in [-0.05, 0) is 0 Å². The SMILES string of the molecule is C#CCCNCC=C. The molecule has 0 heterocycles. The van der Waals surface area contributed by atoms with E-state index < -0.39 is 0 Å². The lowest BCUT2D eigenvalue weighted by Gasteiger charge is -1.92. The fourth-order valence-corrected chi connectivity index (χ4v) is 0.365. The summed E-state index contributed by atoms with van der Waals surface area (Å²) < 4.78 is 0. The smallest absolute Gasteiger partial charge is 0.0212 e. The third-order valence-electron chi connectivity index (χ3n) is 0.735. The molecule has 0 saturated carbocycles. The van der Waals surface area contributed by atoms with Gasteiger partial charge in [-0.1, -0.05) is 6.08 Å². The van der Waals surface area contributed by atoms with E-state index in [9.17, 15) is 0 Å². The summed E-state index contributed by atoms with van der Waals surface area (Å²) in [5.74, 6) is 2.53. The van der Waals surface area contributed by atoms with Crippen LogP contribution in [-0.2, 0) is 0 Å². The molecule has 0 bridgehead atoms. The maximum absolute atomic E-state index is 4.99. The predicted molar refractivity (Wildman–Crippen MR) is 36.5 cm³/mol. The second-order valence-corrected chi connectivity index (χ2v) is 1.45. The minimum atomic E-state index is 0.799. The Bertz CT molecular complexity index is 89.1. The van der Waals surface area contributed by atoms with Gasteiger partial charge in [-0.15, -0.1) is 18.9 Å². The van der Waals surface area contributed by atoms with Crippen molar-refractivity contribution in [3.05, 3.63) is 12.7 Å². The first-order valence-corrected chi connectivity index (χ1v) is 2.67. The van der Waals surface area contributed by atoms with Gasteiger partial charge in [-0.3, -0.25) is 0 Å². The zero-order valence-corrected chi connectivity index (χ0v) is 4.98. The largest absolute Gasteiger partial charge is 0.312 e. The molecule has 0 saturated heterocycles. The molecular formula is C7H11N. The van der Waals surface area contributed by atoms with E-state index in [1.54, 1.807) is 0 Å². The second-order valence-electron chi connectivity index (χ2n) is 1.45. The van der Waals surface area contributed by atoms with Crippen LogP contribution >= 0.6 is 0 Å². The molecule has 0 aromatic rings. The van der Waals surface area contributed by atoms with Gasteiger partial charge in [0.05, 0.1) is 0 Å². The zero-order valence-electron chi connectivity index (χ0n) is 4.98. The van der Waals surface area contributed by atoms with E-state index in [1.165, 1.54) is 0 Å². The summed E-state index contributed by atoms with van der Waals surface area (Å²) in [6.07, 6.45) is 7.61. The third kappa shape index (κ3) is 5.26. The molecule has 0 aliphatic carbocycles. The Morgan fingerprint density at radius 2 is 2.50 bits per heavy atom. The lowest BCUT2D eigenvalue weighted by Crippen LogP contribution is -2.13. The van der Waals surface area contributed by atoms with Crippen LogP contribution in [0.1, 0.15) is 6.42 Å². The lowest BCUT2D eigenvalue weighted by atomic mass is 10.4. The molecule has 0 amide bonds. The Morgan fingerprint density at radius 3 is 3.00 bits per heavy atom. The van der Waals surface area contributed by atoms with Crippen LogP contribution in [-0.4, -0.2) is 13.1 Å². The maximum Gasteiger partial charge on any atom is 0.0212 e. The van der Waals surface area contributed by atoms with E-state index in [0.717, 1.165) is 19.5 Å². The standard InChI is InChI=1S/C7H11N/c1-3-5-7-8-6-4-2/h1,4,8H,2,5-7H2. The minimum Gasteiger partial charge on any atom is -0.312 e. The van der Waals surface area contributed by atoms with Gasteiger partial charge >= 0.3 is 0 Å². The molecular weight excluding hydrogens is 98.1 g/mol. The van der Waals surface area contributed by atoms with Crippen LogP contribution < -0.4 is 5.32 Å². The van der Waals surface area contributed by atoms with Crippen molar-refractivity contribution in [1.29, 1.82) is 0 Å². The van der Waals surface area contributed by atoms with Gasteiger partial charge in [0.15, 0.2) is 0 Å². The average molecular weight is 109 g/mol. The van der Waals surface area contributed by atoms with Gasteiger partial charge in [0.2, 0.25) is 0 Å². The van der Waals surface area contributed by atoms with Crippen LogP contribution in [0.2, 0.25) is 0 Å². The van der Waals surface area contributed by atoms with Crippen LogP contribution in [0.3, 0.4) is 0 Å². The fourth-order valence-electron chi connectivity index (χ4n) is 0.365. The molecule has 0 radical (unpaired) electrons. The van der Waals surface area contributed by atoms with Crippen LogP contribution in [0.5, 0.6) is 0 Å². The van der Waals surface area contributed by atoms with Gasteiger partial charge in [0.25, 0.3) is 0 Å². The summed E-state index contributed by atoms with van der Waals surface area (Å²) in [5, 5.41) is 3.08. The van der Waals surface area contributed by atoms with Crippen molar-refractivity contribution >= 4 is 0 Å². The van der Waals surface area contributed by atoms with Crippen molar-refractivity contribution in [3.8, 4) is 12.3 Å². The predicted octanol–water partition coefficient (Wildman–Crippen LogP) is 0.785. The van der Waals surface area contributed by atoms with Crippen molar-refractivity contribution in [2.24, 2.45) is 0 Å². The molecule has 1 nitrogen and oxygen atoms in total. The molecule has 1 N–H and O–H groups in total. The highest BCUT2D eigenvalue weighted by molar-refractivity contribution is 4.84. The summed E-state index contributed by atoms with van der Waals surface area (Å²) in [6, 6.07) is 0. The van der Waals surface area contributed by atoms with Gasteiger partial charge < -0.3 is 5.32 Å². The molecule has 0 atom stereocenters. The Morgan fingerprint density at radius 1 is 1.75 bits per heavy atom. The number of hydrogen-bond donors (Lipinski definition) is 1.